The molecule has 3 aliphatic heterocycles. The van der Waals surface area contributed by atoms with Crippen molar-refractivity contribution in [1.82, 2.24) is 24.5 Å². The number of hydrogen-bond donors (Lipinski definition) is 6. The van der Waals surface area contributed by atoms with Gasteiger partial charge in [-0.2, -0.15) is 9.36 Å². The highest BCUT2D eigenvalue weighted by Gasteiger charge is 2.54. The number of aromatic nitrogens is 2. The van der Waals surface area contributed by atoms with E-state index in [4.69, 9.17) is 27.1 Å². The molecule has 0 spiro atoms. The molecule has 9 N–H and O–H groups in total. The van der Waals surface area contributed by atoms with Gasteiger partial charge in [-0.05, 0) is 25.5 Å². The summed E-state index contributed by atoms with van der Waals surface area (Å²) in [5.41, 5.74) is 17.5. The van der Waals surface area contributed by atoms with Crippen LogP contribution in [0, 0.1) is 0 Å². The van der Waals surface area contributed by atoms with E-state index in [1.165, 1.54) is 30.4 Å². The second-order valence-electron chi connectivity index (χ2n) is 9.08. The SMILES string of the molecule is CCN1C(SCC2=C(C(=O)O)N3C(=O)C(NC(=O)/C(=N\OC(C)CC(=O)O)c4nsc(N)n4)[C@@H]3SC2)=NC(N)=CC1N. The van der Waals surface area contributed by atoms with E-state index in [0.29, 0.717) is 17.3 Å². The molecule has 0 aromatic carbocycles. The second kappa shape index (κ2) is 13.0. The predicted octanol–water partition coefficient (Wildman–Crippen LogP) is -1.05. The Bertz CT molecular complexity index is 1410. The molecule has 1 aromatic heterocycles. The number of oxime groups is 1. The standard InChI is InChI=1S/C22H28N10O7S3/c1-3-31-11(24)5-10(23)26-22(31)41-7-9-6-40-19-14(18(36)32(19)15(9)20(37)38)27-17(35)13(16-28-21(25)42-30-16)29-39-8(2)4-12(33)34/h5,8,11,14,19H,3-4,6-7,23-24H2,1-2H3,(H,27,35)(H,33,34)(H,37,38)(H2,25,28,30)/b29-13-/t8?,11?,14?,19-/m0/s1. The quantitative estimate of drug-likeness (QED) is 0.0957. The summed E-state index contributed by atoms with van der Waals surface area (Å²) in [7, 11) is 0. The third kappa shape index (κ3) is 6.61. The van der Waals surface area contributed by atoms with Crippen LogP contribution < -0.4 is 22.5 Å². The van der Waals surface area contributed by atoms with Crippen molar-refractivity contribution in [2.24, 2.45) is 21.6 Å². The van der Waals surface area contributed by atoms with Crippen LogP contribution in [0.25, 0.3) is 0 Å². The van der Waals surface area contributed by atoms with E-state index >= 15 is 0 Å². The van der Waals surface area contributed by atoms with Gasteiger partial charge in [-0.1, -0.05) is 16.9 Å². The van der Waals surface area contributed by atoms with Crippen molar-refractivity contribution < 1.29 is 34.2 Å². The summed E-state index contributed by atoms with van der Waals surface area (Å²) in [5, 5.41) is 25.1. The molecule has 1 fully saturated rings. The van der Waals surface area contributed by atoms with Crippen molar-refractivity contribution >= 4 is 74.8 Å². The monoisotopic (exact) mass is 640 g/mol. The van der Waals surface area contributed by atoms with Gasteiger partial charge in [-0.25, -0.2) is 9.79 Å². The van der Waals surface area contributed by atoms with Crippen LogP contribution in [-0.2, 0) is 24.0 Å². The van der Waals surface area contributed by atoms with Crippen LogP contribution in [0.15, 0.2) is 33.3 Å². The molecule has 0 aliphatic carbocycles. The molecule has 4 atom stereocenters. The fourth-order valence-electron chi connectivity index (χ4n) is 4.16. The molecule has 0 radical (unpaired) electrons. The summed E-state index contributed by atoms with van der Waals surface area (Å²) in [5.74, 6) is -3.36. The zero-order chi connectivity index (χ0) is 30.7. The number of rotatable bonds is 11. The first-order valence-corrected chi connectivity index (χ1v) is 15.2. The van der Waals surface area contributed by atoms with Crippen LogP contribution >= 0.6 is 35.1 Å². The van der Waals surface area contributed by atoms with Gasteiger partial charge >= 0.3 is 11.9 Å². The Morgan fingerprint density at radius 3 is 2.69 bits per heavy atom. The Hall–Kier alpha value is -3.88. The highest BCUT2D eigenvalue weighted by atomic mass is 32.2. The Kier molecular flexibility index (Phi) is 9.59. The maximum atomic E-state index is 13.2. The smallest absolute Gasteiger partial charge is 0.352 e. The predicted molar refractivity (Wildman–Crippen MR) is 156 cm³/mol. The minimum absolute atomic E-state index is 0.0430. The normalized spacial score (nSPS) is 23.0. The van der Waals surface area contributed by atoms with Crippen molar-refractivity contribution in [3.05, 3.63) is 29.0 Å². The molecule has 2 amide bonds. The largest absolute Gasteiger partial charge is 0.481 e. The number of β-lactam (4-membered cyclic amide) rings is 1. The number of amidine groups is 1. The van der Waals surface area contributed by atoms with Crippen molar-refractivity contribution in [2.75, 3.05) is 23.8 Å². The first kappa shape index (κ1) is 31.1. The van der Waals surface area contributed by atoms with Crippen LogP contribution in [0.3, 0.4) is 0 Å². The maximum Gasteiger partial charge on any atom is 0.352 e. The van der Waals surface area contributed by atoms with E-state index in [2.05, 4.69) is 24.8 Å². The zero-order valence-electron chi connectivity index (χ0n) is 22.3. The van der Waals surface area contributed by atoms with Gasteiger partial charge in [0.05, 0.1) is 6.42 Å². The average molecular weight is 641 g/mol. The van der Waals surface area contributed by atoms with Crippen molar-refractivity contribution in [1.29, 1.82) is 0 Å². The second-order valence-corrected chi connectivity index (χ2v) is 11.9. The lowest BCUT2D eigenvalue weighted by atomic mass is 10.0. The van der Waals surface area contributed by atoms with Crippen LogP contribution in [0.5, 0.6) is 0 Å². The summed E-state index contributed by atoms with van der Waals surface area (Å²) in [6.07, 6.45) is -0.125. The number of nitrogens with zero attached hydrogens (tertiary/aromatic N) is 6. The number of aliphatic imine (C=N–C) groups is 1. The molecule has 42 heavy (non-hydrogen) atoms. The average Bonchev–Trinajstić information content (AvgIpc) is 3.34. The molecule has 20 heteroatoms. The zero-order valence-corrected chi connectivity index (χ0v) is 24.7. The molecule has 0 saturated carbocycles. The molecular formula is C22H28N10O7S3. The van der Waals surface area contributed by atoms with Gasteiger partial charge in [0.15, 0.2) is 10.3 Å². The van der Waals surface area contributed by atoms with Crippen molar-refractivity contribution in [3.63, 3.8) is 0 Å². The fraction of sp³-hybridized carbons (Fsp3) is 0.455. The van der Waals surface area contributed by atoms with Gasteiger partial charge in [0.1, 0.15) is 35.2 Å². The molecule has 4 heterocycles. The number of carboxylic acids is 2. The number of anilines is 1. The first-order valence-electron chi connectivity index (χ1n) is 12.4. The summed E-state index contributed by atoms with van der Waals surface area (Å²) in [6, 6.07) is -1.08. The summed E-state index contributed by atoms with van der Waals surface area (Å²) in [4.78, 5) is 65.9. The van der Waals surface area contributed by atoms with Gasteiger partial charge in [0.25, 0.3) is 11.8 Å². The molecular weight excluding hydrogens is 613 g/mol. The number of hydrogen-bond acceptors (Lipinski definition) is 16. The summed E-state index contributed by atoms with van der Waals surface area (Å²) < 4.78 is 3.95. The Morgan fingerprint density at radius 2 is 2.07 bits per heavy atom. The van der Waals surface area contributed by atoms with E-state index in [0.717, 1.165) is 16.4 Å². The van der Waals surface area contributed by atoms with Gasteiger partial charge in [0.2, 0.25) is 11.5 Å². The highest BCUT2D eigenvalue weighted by molar-refractivity contribution is 8.14. The van der Waals surface area contributed by atoms with Crippen LogP contribution in [0.1, 0.15) is 26.1 Å². The van der Waals surface area contributed by atoms with E-state index in [1.54, 1.807) is 6.08 Å². The lowest BCUT2D eigenvalue weighted by Gasteiger charge is -2.49. The van der Waals surface area contributed by atoms with Crippen molar-refractivity contribution in [3.8, 4) is 0 Å². The van der Waals surface area contributed by atoms with E-state index in [1.807, 2.05) is 11.8 Å². The maximum absolute atomic E-state index is 13.2. The third-order valence-corrected chi connectivity index (χ3v) is 9.04. The molecule has 3 aliphatic rings. The van der Waals surface area contributed by atoms with Crippen LogP contribution in [-0.4, -0.2) is 106 Å². The Balaban J connectivity index is 1.49. The number of nitrogens with one attached hydrogen (secondary N) is 1. The number of carbonyl (C=O) groups excluding carboxylic acids is 2. The minimum atomic E-state index is -1.28. The van der Waals surface area contributed by atoms with Gasteiger partial charge in [0, 0.05) is 29.6 Å². The van der Waals surface area contributed by atoms with Gasteiger partial charge in [-0.3, -0.25) is 19.3 Å². The third-order valence-electron chi connectivity index (χ3n) is 6.08. The number of carboxylic acid groups (broad SMARTS) is 2. The Morgan fingerprint density at radius 1 is 1.33 bits per heavy atom. The van der Waals surface area contributed by atoms with E-state index in [-0.39, 0.29) is 40.4 Å². The summed E-state index contributed by atoms with van der Waals surface area (Å²) >= 11 is 3.34. The number of nitrogen functional groups attached to an aromatic ring is 1. The number of nitrogens with two attached hydrogens (primary N) is 3. The van der Waals surface area contributed by atoms with Crippen LogP contribution in [0.2, 0.25) is 0 Å². The molecule has 1 saturated heterocycles. The minimum Gasteiger partial charge on any atom is -0.481 e. The number of fused-ring (bicyclic) bond motifs is 1. The lowest BCUT2D eigenvalue weighted by Crippen LogP contribution is -2.71. The van der Waals surface area contributed by atoms with Gasteiger partial charge < -0.3 is 42.5 Å². The first-order chi connectivity index (χ1) is 19.9. The topological polar surface area (TPSA) is 265 Å². The summed E-state index contributed by atoms with van der Waals surface area (Å²) in [6.45, 7) is 3.90. The molecule has 3 unspecified atom stereocenters. The van der Waals surface area contributed by atoms with Gasteiger partial charge in [-0.15, -0.1) is 11.8 Å². The number of likely N-dealkylation sites (N-methyl/N-ethyl adjacent to an activating group) is 1. The number of carbonyl (C=O) groups is 4. The molecule has 1 aromatic rings. The van der Waals surface area contributed by atoms with Crippen LogP contribution in [0.4, 0.5) is 5.13 Å². The van der Waals surface area contributed by atoms with E-state index in [9.17, 15) is 24.3 Å². The van der Waals surface area contributed by atoms with E-state index < -0.39 is 53.2 Å². The highest BCUT2D eigenvalue weighted by Crippen LogP contribution is 2.41. The molecule has 4 rings (SSSR count). The molecule has 0 bridgehead atoms. The van der Waals surface area contributed by atoms with Crippen molar-refractivity contribution in [2.45, 2.75) is 44.0 Å². The number of aliphatic carboxylic acids is 2. The lowest BCUT2D eigenvalue weighted by molar-refractivity contribution is -0.150. The number of thioether (sulfide) groups is 2. The fourth-order valence-corrected chi connectivity index (χ4v) is 7.20. The Labute approximate surface area is 251 Å². The molecule has 17 nitrogen and oxygen atoms in total. The molecule has 226 valence electrons. The number of amides is 2.